The molecule has 2 heterocycles. The van der Waals surface area contributed by atoms with Crippen LogP contribution >= 0.6 is 12.4 Å². The van der Waals surface area contributed by atoms with Crippen molar-refractivity contribution in [3.8, 4) is 11.5 Å². The van der Waals surface area contributed by atoms with Gasteiger partial charge in [-0.1, -0.05) is 17.3 Å². The number of rotatable bonds is 8. The van der Waals surface area contributed by atoms with Crippen LogP contribution in [0.1, 0.15) is 11.1 Å². The van der Waals surface area contributed by atoms with Gasteiger partial charge in [-0.05, 0) is 24.3 Å². The van der Waals surface area contributed by atoms with Crippen LogP contribution in [0, 0.1) is 0 Å². The van der Waals surface area contributed by atoms with Gasteiger partial charge >= 0.3 is 0 Å². The molecule has 4 rings (SSSR count). The number of benzene rings is 2. The Morgan fingerprint density at radius 2 is 1.91 bits per heavy atom. The molecule has 0 amide bonds. The van der Waals surface area contributed by atoms with Gasteiger partial charge in [0.1, 0.15) is 16.4 Å². The average Bonchev–Trinajstić information content (AvgIpc) is 3.39. The van der Waals surface area contributed by atoms with Gasteiger partial charge in [0.25, 0.3) is 10.0 Å². The van der Waals surface area contributed by atoms with E-state index in [0.717, 1.165) is 11.1 Å². The number of methoxy groups -OCH3 is 2. The molecule has 0 aliphatic heterocycles. The highest BCUT2D eigenvalue weighted by molar-refractivity contribution is 7.92. The van der Waals surface area contributed by atoms with Crippen molar-refractivity contribution in [3.05, 3.63) is 59.9 Å². The molecule has 0 aliphatic rings. The van der Waals surface area contributed by atoms with E-state index < -0.39 is 10.0 Å². The molecule has 3 N–H and O–H groups in total. The zero-order valence-corrected chi connectivity index (χ0v) is 18.9. The standard InChI is InChI=1S/C20H21N5O5S.ClH/c1-28-16-5-3-4-6-19(16)31(26,27)24-20-15-8-17(29-2)14(7-18(15)30-23-20)12-25-11-13(9-21)10-22-25;/h3-8,10-11H,9,12,21H2,1-2H3,(H,23,24);1H. The van der Waals surface area contributed by atoms with E-state index in [1.807, 2.05) is 6.20 Å². The number of nitrogens with one attached hydrogen (secondary N) is 1. The molecule has 0 radical (unpaired) electrons. The maximum absolute atomic E-state index is 12.9. The lowest BCUT2D eigenvalue weighted by atomic mass is 10.1. The molecule has 32 heavy (non-hydrogen) atoms. The molecular weight excluding hydrogens is 458 g/mol. The second-order valence-electron chi connectivity index (χ2n) is 6.70. The number of halogens is 1. The van der Waals surface area contributed by atoms with Gasteiger partial charge < -0.3 is 19.7 Å². The fourth-order valence-corrected chi connectivity index (χ4v) is 4.38. The van der Waals surface area contributed by atoms with Crippen LogP contribution in [0.15, 0.2) is 58.2 Å². The number of para-hydroxylation sites is 1. The summed E-state index contributed by atoms with van der Waals surface area (Å²) in [6.45, 7) is 0.816. The first-order valence-corrected chi connectivity index (χ1v) is 10.8. The van der Waals surface area contributed by atoms with Crippen molar-refractivity contribution in [2.45, 2.75) is 18.0 Å². The molecule has 2 aromatic carbocycles. The Labute approximate surface area is 190 Å². The van der Waals surface area contributed by atoms with E-state index in [1.54, 1.807) is 41.2 Å². The summed E-state index contributed by atoms with van der Waals surface area (Å²) in [6.07, 6.45) is 3.54. The molecule has 12 heteroatoms. The van der Waals surface area contributed by atoms with Crippen molar-refractivity contribution in [2.24, 2.45) is 5.73 Å². The number of hydrogen-bond donors (Lipinski definition) is 2. The van der Waals surface area contributed by atoms with Crippen molar-refractivity contribution in [1.82, 2.24) is 14.9 Å². The summed E-state index contributed by atoms with van der Waals surface area (Å²) in [5, 5.41) is 8.63. The number of sulfonamides is 1. The molecule has 2 aromatic heterocycles. The van der Waals surface area contributed by atoms with Crippen LogP contribution in [0.2, 0.25) is 0 Å². The van der Waals surface area contributed by atoms with Gasteiger partial charge in [0.05, 0.1) is 32.3 Å². The average molecular weight is 480 g/mol. The Bertz CT molecular complexity index is 1340. The maximum atomic E-state index is 12.9. The van der Waals surface area contributed by atoms with Crippen LogP contribution in [-0.2, 0) is 23.1 Å². The van der Waals surface area contributed by atoms with Crippen LogP contribution < -0.4 is 19.9 Å². The van der Waals surface area contributed by atoms with Gasteiger partial charge in [-0.25, -0.2) is 8.42 Å². The summed E-state index contributed by atoms with van der Waals surface area (Å²) in [4.78, 5) is -0.00775. The summed E-state index contributed by atoms with van der Waals surface area (Å²) >= 11 is 0. The van der Waals surface area contributed by atoms with Gasteiger partial charge in [-0.3, -0.25) is 9.40 Å². The number of anilines is 1. The molecule has 0 saturated heterocycles. The third-order valence-electron chi connectivity index (χ3n) is 4.72. The van der Waals surface area contributed by atoms with Crippen LogP contribution in [0.3, 0.4) is 0 Å². The van der Waals surface area contributed by atoms with E-state index in [2.05, 4.69) is 15.0 Å². The van der Waals surface area contributed by atoms with Crippen LogP contribution in [-0.4, -0.2) is 37.6 Å². The predicted octanol–water partition coefficient (Wildman–Crippen LogP) is 2.77. The first-order chi connectivity index (χ1) is 14.9. The van der Waals surface area contributed by atoms with Crippen molar-refractivity contribution in [1.29, 1.82) is 0 Å². The van der Waals surface area contributed by atoms with E-state index in [4.69, 9.17) is 19.7 Å². The number of nitrogens with zero attached hydrogens (tertiary/aromatic N) is 3. The highest BCUT2D eigenvalue weighted by Crippen LogP contribution is 2.33. The number of fused-ring (bicyclic) bond motifs is 1. The molecule has 170 valence electrons. The van der Waals surface area contributed by atoms with E-state index in [9.17, 15) is 8.42 Å². The van der Waals surface area contributed by atoms with E-state index >= 15 is 0 Å². The van der Waals surface area contributed by atoms with Gasteiger partial charge in [-0.2, -0.15) is 5.10 Å². The van der Waals surface area contributed by atoms with Gasteiger partial charge in [-0.15, -0.1) is 12.4 Å². The molecule has 0 aliphatic carbocycles. The molecule has 4 aromatic rings. The first kappa shape index (κ1) is 23.4. The third-order valence-corrected chi connectivity index (χ3v) is 6.10. The zero-order valence-electron chi connectivity index (χ0n) is 17.3. The number of nitrogens with two attached hydrogens (primary N) is 1. The number of hydrogen-bond acceptors (Lipinski definition) is 8. The van der Waals surface area contributed by atoms with Crippen LogP contribution in [0.5, 0.6) is 11.5 Å². The first-order valence-electron chi connectivity index (χ1n) is 9.28. The highest BCUT2D eigenvalue weighted by atomic mass is 35.5. The molecule has 0 atom stereocenters. The normalized spacial score (nSPS) is 11.2. The van der Waals surface area contributed by atoms with E-state index in [0.29, 0.717) is 29.8 Å². The second-order valence-corrected chi connectivity index (χ2v) is 8.35. The number of aromatic nitrogens is 3. The Morgan fingerprint density at radius 3 is 2.59 bits per heavy atom. The Kier molecular flexibility index (Phi) is 6.92. The van der Waals surface area contributed by atoms with E-state index in [1.165, 1.54) is 20.3 Å². The Balaban J connectivity index is 0.00000289. The number of ether oxygens (including phenoxy) is 2. The molecule has 10 nitrogen and oxygen atoms in total. The van der Waals surface area contributed by atoms with Crippen LogP contribution in [0.25, 0.3) is 11.0 Å². The topological polar surface area (TPSA) is 134 Å². The SMILES string of the molecule is COc1cc2c(NS(=O)(=O)c3ccccc3OC)noc2cc1Cn1cc(CN)cn1.Cl. The van der Waals surface area contributed by atoms with Crippen molar-refractivity contribution in [3.63, 3.8) is 0 Å². The van der Waals surface area contributed by atoms with Crippen molar-refractivity contribution in [2.75, 3.05) is 18.9 Å². The fraction of sp³-hybridized carbons (Fsp3) is 0.200. The summed E-state index contributed by atoms with van der Waals surface area (Å²) in [5.41, 5.74) is 7.74. The van der Waals surface area contributed by atoms with Gasteiger partial charge in [0.15, 0.2) is 11.4 Å². The zero-order chi connectivity index (χ0) is 22.0. The predicted molar refractivity (Wildman–Crippen MR) is 121 cm³/mol. The molecular formula is C20H22ClN5O5S. The van der Waals surface area contributed by atoms with Gasteiger partial charge in [0.2, 0.25) is 0 Å². The highest BCUT2D eigenvalue weighted by Gasteiger charge is 2.23. The summed E-state index contributed by atoms with van der Waals surface area (Å²) in [7, 11) is -1.02. The summed E-state index contributed by atoms with van der Waals surface area (Å²) < 4.78 is 46.0. The molecule has 0 unspecified atom stereocenters. The molecule has 0 bridgehead atoms. The maximum Gasteiger partial charge on any atom is 0.266 e. The minimum absolute atomic E-state index is 0. The fourth-order valence-electron chi connectivity index (χ4n) is 3.19. The van der Waals surface area contributed by atoms with Crippen LogP contribution in [0.4, 0.5) is 5.82 Å². The molecule has 0 spiro atoms. The minimum Gasteiger partial charge on any atom is -0.496 e. The van der Waals surface area contributed by atoms with Crippen molar-refractivity contribution >= 4 is 39.2 Å². The lowest BCUT2D eigenvalue weighted by molar-refractivity contribution is 0.403. The second kappa shape index (κ2) is 9.47. The lowest BCUT2D eigenvalue weighted by Crippen LogP contribution is -2.14. The molecule has 0 saturated carbocycles. The largest absolute Gasteiger partial charge is 0.496 e. The van der Waals surface area contributed by atoms with Gasteiger partial charge in [0, 0.05) is 23.9 Å². The third kappa shape index (κ3) is 4.49. The van der Waals surface area contributed by atoms with Crippen molar-refractivity contribution < 1.29 is 22.4 Å². The Morgan fingerprint density at radius 1 is 1.16 bits per heavy atom. The molecule has 0 fully saturated rings. The van der Waals surface area contributed by atoms with E-state index in [-0.39, 0.29) is 28.9 Å². The quantitative estimate of drug-likeness (QED) is 0.394. The lowest BCUT2D eigenvalue weighted by Gasteiger charge is -2.11. The smallest absolute Gasteiger partial charge is 0.266 e. The Hall–Kier alpha value is -3.28. The summed E-state index contributed by atoms with van der Waals surface area (Å²) in [5.74, 6) is 0.812. The monoisotopic (exact) mass is 479 g/mol. The minimum atomic E-state index is -3.96. The summed E-state index contributed by atoms with van der Waals surface area (Å²) in [6, 6.07) is 9.73.